The Morgan fingerprint density at radius 3 is 2.65 bits per heavy atom. The van der Waals surface area contributed by atoms with Gasteiger partial charge in [0.25, 0.3) is 0 Å². The maximum Gasteiger partial charge on any atom is 0.239 e. The quantitative estimate of drug-likeness (QED) is 0.503. The molecule has 3 rings (SSSR count). The fourth-order valence-electron chi connectivity index (χ4n) is 2.38. The first-order chi connectivity index (χ1) is 12.4. The standard InChI is InChI=1S/C18H20N4O2S2/c1-5-24-13-6-7-14-15(9-13)26-18(21-14)22-16(23)12(4)25-17-19-10(2)8-11(3)20-17/h6-9,12H,5H2,1-4H3,(H,21,22,23). The molecule has 1 N–H and O–H groups in total. The Morgan fingerprint density at radius 2 is 1.96 bits per heavy atom. The van der Waals surface area contributed by atoms with Gasteiger partial charge in [0.15, 0.2) is 10.3 Å². The number of nitrogens with zero attached hydrogens (tertiary/aromatic N) is 3. The van der Waals surface area contributed by atoms with Crippen molar-refractivity contribution in [1.29, 1.82) is 0 Å². The number of nitrogens with one attached hydrogen (secondary N) is 1. The number of fused-ring (bicyclic) bond motifs is 1. The molecule has 1 aromatic carbocycles. The Kier molecular flexibility index (Phi) is 5.73. The van der Waals surface area contributed by atoms with E-state index in [4.69, 9.17) is 4.74 Å². The summed E-state index contributed by atoms with van der Waals surface area (Å²) in [6, 6.07) is 7.63. The highest BCUT2D eigenvalue weighted by Gasteiger charge is 2.18. The molecule has 0 fully saturated rings. The molecule has 1 atom stereocenters. The van der Waals surface area contributed by atoms with Gasteiger partial charge in [0, 0.05) is 11.4 Å². The van der Waals surface area contributed by atoms with E-state index in [0.29, 0.717) is 16.9 Å². The van der Waals surface area contributed by atoms with Crippen LogP contribution in [0.5, 0.6) is 5.75 Å². The van der Waals surface area contributed by atoms with Gasteiger partial charge in [0.05, 0.1) is 22.1 Å². The number of aryl methyl sites for hydroxylation is 2. The Labute approximate surface area is 160 Å². The number of carbonyl (C=O) groups is 1. The van der Waals surface area contributed by atoms with Gasteiger partial charge in [-0.15, -0.1) is 0 Å². The van der Waals surface area contributed by atoms with Crippen LogP contribution in [0.1, 0.15) is 25.2 Å². The number of aromatic nitrogens is 3. The average Bonchev–Trinajstić information content (AvgIpc) is 2.95. The highest BCUT2D eigenvalue weighted by atomic mass is 32.2. The molecule has 0 saturated heterocycles. The first-order valence-electron chi connectivity index (χ1n) is 8.28. The minimum absolute atomic E-state index is 0.123. The number of rotatable bonds is 6. The van der Waals surface area contributed by atoms with E-state index in [2.05, 4.69) is 20.3 Å². The summed E-state index contributed by atoms with van der Waals surface area (Å²) in [7, 11) is 0. The molecular weight excluding hydrogens is 368 g/mol. The smallest absolute Gasteiger partial charge is 0.239 e. The van der Waals surface area contributed by atoms with E-state index >= 15 is 0 Å². The second kappa shape index (κ2) is 8.01. The van der Waals surface area contributed by atoms with Gasteiger partial charge < -0.3 is 10.1 Å². The lowest BCUT2D eigenvalue weighted by Crippen LogP contribution is -2.22. The lowest BCUT2D eigenvalue weighted by atomic mass is 10.3. The largest absolute Gasteiger partial charge is 0.494 e. The van der Waals surface area contributed by atoms with Gasteiger partial charge in [-0.2, -0.15) is 0 Å². The zero-order chi connectivity index (χ0) is 18.7. The number of hydrogen-bond acceptors (Lipinski definition) is 7. The number of thioether (sulfide) groups is 1. The van der Waals surface area contributed by atoms with Crippen LogP contribution in [-0.4, -0.2) is 32.7 Å². The lowest BCUT2D eigenvalue weighted by Gasteiger charge is -2.10. The molecule has 0 spiro atoms. The van der Waals surface area contributed by atoms with Crippen LogP contribution in [0.15, 0.2) is 29.4 Å². The van der Waals surface area contributed by atoms with Gasteiger partial charge in [-0.3, -0.25) is 4.79 Å². The number of hydrogen-bond donors (Lipinski definition) is 1. The van der Waals surface area contributed by atoms with Gasteiger partial charge in [-0.05, 0) is 52.0 Å². The van der Waals surface area contributed by atoms with Crippen molar-refractivity contribution in [2.45, 2.75) is 38.1 Å². The van der Waals surface area contributed by atoms with E-state index in [-0.39, 0.29) is 11.2 Å². The Bertz CT molecular complexity index is 922. The van der Waals surface area contributed by atoms with E-state index in [0.717, 1.165) is 27.4 Å². The maximum atomic E-state index is 12.5. The zero-order valence-electron chi connectivity index (χ0n) is 15.1. The second-order valence-electron chi connectivity index (χ2n) is 5.76. The third-order valence-corrected chi connectivity index (χ3v) is 5.41. The summed E-state index contributed by atoms with van der Waals surface area (Å²) < 4.78 is 6.48. The first-order valence-corrected chi connectivity index (χ1v) is 9.97. The van der Waals surface area contributed by atoms with Crippen molar-refractivity contribution in [2.75, 3.05) is 11.9 Å². The number of amides is 1. The average molecular weight is 389 g/mol. The van der Waals surface area contributed by atoms with Crippen molar-refractivity contribution in [3.8, 4) is 5.75 Å². The van der Waals surface area contributed by atoms with Crippen molar-refractivity contribution < 1.29 is 9.53 Å². The molecule has 0 aliphatic heterocycles. The molecule has 0 radical (unpaired) electrons. The van der Waals surface area contributed by atoms with Crippen LogP contribution in [0, 0.1) is 13.8 Å². The molecule has 0 bridgehead atoms. The second-order valence-corrected chi connectivity index (χ2v) is 8.10. The van der Waals surface area contributed by atoms with Gasteiger partial charge in [-0.25, -0.2) is 15.0 Å². The fourth-order valence-corrected chi connectivity index (χ4v) is 4.15. The maximum absolute atomic E-state index is 12.5. The van der Waals surface area contributed by atoms with Crippen LogP contribution < -0.4 is 10.1 Å². The van der Waals surface area contributed by atoms with E-state index < -0.39 is 0 Å². The number of ether oxygens (including phenoxy) is 1. The van der Waals surface area contributed by atoms with E-state index in [1.165, 1.54) is 23.1 Å². The Hall–Kier alpha value is -2.19. The van der Waals surface area contributed by atoms with Gasteiger partial charge in [0.2, 0.25) is 5.91 Å². The molecule has 1 amide bonds. The summed E-state index contributed by atoms with van der Waals surface area (Å²) in [6.07, 6.45) is 0. The normalized spacial score (nSPS) is 12.2. The van der Waals surface area contributed by atoms with E-state index in [1.54, 1.807) is 0 Å². The molecule has 1 unspecified atom stereocenters. The fraction of sp³-hybridized carbons (Fsp3) is 0.333. The molecule has 0 saturated carbocycles. The van der Waals surface area contributed by atoms with Gasteiger partial charge in [-0.1, -0.05) is 23.1 Å². The molecule has 26 heavy (non-hydrogen) atoms. The van der Waals surface area contributed by atoms with Crippen molar-refractivity contribution in [3.05, 3.63) is 35.7 Å². The third-order valence-electron chi connectivity index (χ3n) is 3.51. The molecule has 8 heteroatoms. The van der Waals surface area contributed by atoms with Crippen molar-refractivity contribution in [3.63, 3.8) is 0 Å². The zero-order valence-corrected chi connectivity index (χ0v) is 16.7. The van der Waals surface area contributed by atoms with Crippen LogP contribution in [0.3, 0.4) is 0 Å². The van der Waals surface area contributed by atoms with Crippen LogP contribution in [-0.2, 0) is 4.79 Å². The number of carbonyl (C=O) groups excluding carboxylic acids is 1. The minimum atomic E-state index is -0.331. The van der Waals surface area contributed by atoms with Gasteiger partial charge >= 0.3 is 0 Å². The molecular formula is C18H20N4O2S2. The topological polar surface area (TPSA) is 77.0 Å². The van der Waals surface area contributed by atoms with Crippen molar-refractivity contribution in [1.82, 2.24) is 15.0 Å². The number of anilines is 1. The first kappa shape index (κ1) is 18.6. The van der Waals surface area contributed by atoms with Crippen LogP contribution in [0.4, 0.5) is 5.13 Å². The summed E-state index contributed by atoms with van der Waals surface area (Å²) in [5.74, 6) is 0.680. The van der Waals surface area contributed by atoms with Gasteiger partial charge in [0.1, 0.15) is 5.75 Å². The monoisotopic (exact) mass is 388 g/mol. The minimum Gasteiger partial charge on any atom is -0.494 e. The predicted octanol–water partition coefficient (Wildman–Crippen LogP) is 4.22. The third kappa shape index (κ3) is 4.50. The highest BCUT2D eigenvalue weighted by Crippen LogP contribution is 2.30. The van der Waals surface area contributed by atoms with Crippen molar-refractivity contribution in [2.24, 2.45) is 0 Å². The van der Waals surface area contributed by atoms with Crippen LogP contribution >= 0.6 is 23.1 Å². The van der Waals surface area contributed by atoms with Crippen LogP contribution in [0.2, 0.25) is 0 Å². The summed E-state index contributed by atoms with van der Waals surface area (Å²) >= 11 is 2.77. The molecule has 0 aliphatic carbocycles. The highest BCUT2D eigenvalue weighted by molar-refractivity contribution is 8.00. The Morgan fingerprint density at radius 1 is 1.23 bits per heavy atom. The van der Waals surface area contributed by atoms with Crippen LogP contribution in [0.25, 0.3) is 10.2 Å². The number of benzene rings is 1. The molecule has 0 aliphatic rings. The molecule has 6 nitrogen and oxygen atoms in total. The SMILES string of the molecule is CCOc1ccc2nc(NC(=O)C(C)Sc3nc(C)cc(C)n3)sc2c1. The molecule has 3 aromatic rings. The molecule has 2 heterocycles. The predicted molar refractivity (Wildman–Crippen MR) is 106 cm³/mol. The van der Waals surface area contributed by atoms with E-state index in [9.17, 15) is 4.79 Å². The lowest BCUT2D eigenvalue weighted by molar-refractivity contribution is -0.115. The summed E-state index contributed by atoms with van der Waals surface area (Å²) in [6.45, 7) is 8.23. The number of thiazole rings is 1. The Balaban J connectivity index is 1.69. The summed E-state index contributed by atoms with van der Waals surface area (Å²) in [5.41, 5.74) is 2.62. The summed E-state index contributed by atoms with van der Waals surface area (Å²) in [5, 5.41) is 3.74. The molecule has 2 aromatic heterocycles. The summed E-state index contributed by atoms with van der Waals surface area (Å²) in [4.78, 5) is 25.7. The van der Waals surface area contributed by atoms with E-state index in [1.807, 2.05) is 52.0 Å². The molecule has 136 valence electrons. The van der Waals surface area contributed by atoms with Crippen molar-refractivity contribution >= 4 is 44.4 Å².